The Hall–Kier alpha value is -1.38. The van der Waals surface area contributed by atoms with Crippen molar-refractivity contribution in [1.29, 1.82) is 0 Å². The van der Waals surface area contributed by atoms with Gasteiger partial charge in [-0.15, -0.1) is 0 Å². The number of carbonyl (C=O) groups excluding carboxylic acids is 1. The maximum atomic E-state index is 10.9. The molecule has 0 unspecified atom stereocenters. The monoisotopic (exact) mass is 234 g/mol. The molecule has 1 rings (SSSR count). The summed E-state index contributed by atoms with van der Waals surface area (Å²) in [5, 5.41) is 0. The summed E-state index contributed by atoms with van der Waals surface area (Å²) in [6.07, 6.45) is 10.3. The maximum absolute atomic E-state index is 10.9. The second-order valence-electron chi connectivity index (χ2n) is 4.42. The maximum Gasteiger partial charge on any atom is 0.250 e. The van der Waals surface area contributed by atoms with Crippen molar-refractivity contribution >= 4 is 5.91 Å². The number of hydrogen-bond acceptors (Lipinski definition) is 2. The van der Waals surface area contributed by atoms with E-state index in [0.717, 1.165) is 12.1 Å². The minimum atomic E-state index is -0.413. The van der Waals surface area contributed by atoms with Crippen molar-refractivity contribution in [3.05, 3.63) is 29.6 Å². The first-order valence-electron chi connectivity index (χ1n) is 6.48. The van der Waals surface area contributed by atoms with Crippen molar-refractivity contribution in [2.45, 2.75) is 51.9 Å². The lowest BCUT2D eigenvalue weighted by Crippen LogP contribution is -2.11. The Bertz CT molecular complexity index is 333. The molecule has 0 saturated heterocycles. The quantitative estimate of drug-likeness (QED) is 0.703. The van der Waals surface area contributed by atoms with Crippen LogP contribution < -0.4 is 5.73 Å². The van der Waals surface area contributed by atoms with E-state index >= 15 is 0 Å². The summed E-state index contributed by atoms with van der Waals surface area (Å²) in [6, 6.07) is 3.65. The highest BCUT2D eigenvalue weighted by atomic mass is 16.1. The first kappa shape index (κ1) is 13.7. The lowest BCUT2D eigenvalue weighted by molar-refractivity contribution is 0.1000. The van der Waals surface area contributed by atoms with Crippen LogP contribution in [-0.2, 0) is 6.42 Å². The summed E-state index contributed by atoms with van der Waals surface area (Å²) in [7, 11) is 0. The van der Waals surface area contributed by atoms with E-state index in [1.54, 1.807) is 12.3 Å². The zero-order valence-corrected chi connectivity index (χ0v) is 10.6. The van der Waals surface area contributed by atoms with Crippen molar-refractivity contribution in [3.8, 4) is 0 Å². The van der Waals surface area contributed by atoms with Crippen molar-refractivity contribution in [2.75, 3.05) is 0 Å². The summed E-state index contributed by atoms with van der Waals surface area (Å²) in [5.41, 5.74) is 6.68. The average molecular weight is 234 g/mol. The molecule has 2 N–H and O–H groups in total. The molecule has 0 spiro atoms. The van der Waals surface area contributed by atoms with Crippen LogP contribution >= 0.6 is 0 Å². The van der Waals surface area contributed by atoms with Crippen molar-refractivity contribution in [1.82, 2.24) is 4.98 Å². The molecule has 0 saturated carbocycles. The van der Waals surface area contributed by atoms with E-state index in [9.17, 15) is 4.79 Å². The smallest absolute Gasteiger partial charge is 0.250 e. The highest BCUT2D eigenvalue weighted by molar-refractivity contribution is 5.92. The molecule has 0 fully saturated rings. The van der Waals surface area contributed by atoms with Gasteiger partial charge in [0.1, 0.15) is 0 Å². The zero-order chi connectivity index (χ0) is 12.5. The van der Waals surface area contributed by atoms with Gasteiger partial charge in [0.05, 0.1) is 5.56 Å². The van der Waals surface area contributed by atoms with Crippen LogP contribution in [0.4, 0.5) is 0 Å². The van der Waals surface area contributed by atoms with Gasteiger partial charge < -0.3 is 5.73 Å². The average Bonchev–Trinajstić information content (AvgIpc) is 2.34. The van der Waals surface area contributed by atoms with E-state index in [-0.39, 0.29) is 0 Å². The Morgan fingerprint density at radius 3 is 2.47 bits per heavy atom. The number of unbranched alkanes of at least 4 members (excludes halogenated alkanes) is 5. The van der Waals surface area contributed by atoms with Crippen LogP contribution in [0.15, 0.2) is 18.3 Å². The number of carbonyl (C=O) groups is 1. The van der Waals surface area contributed by atoms with Gasteiger partial charge in [-0.05, 0) is 25.0 Å². The minimum Gasteiger partial charge on any atom is -0.366 e. The summed E-state index contributed by atoms with van der Waals surface area (Å²) in [6.45, 7) is 2.23. The molecule has 94 valence electrons. The summed E-state index contributed by atoms with van der Waals surface area (Å²) in [4.78, 5) is 15.1. The Morgan fingerprint density at radius 1 is 1.18 bits per heavy atom. The minimum absolute atomic E-state index is 0.413. The van der Waals surface area contributed by atoms with Gasteiger partial charge in [-0.2, -0.15) is 0 Å². The molecule has 1 aromatic heterocycles. The number of aryl methyl sites for hydroxylation is 1. The lowest BCUT2D eigenvalue weighted by Gasteiger charge is -2.02. The molecule has 0 aliphatic heterocycles. The van der Waals surface area contributed by atoms with Gasteiger partial charge in [-0.3, -0.25) is 9.78 Å². The first-order chi connectivity index (χ1) is 8.24. The Labute approximate surface area is 103 Å². The van der Waals surface area contributed by atoms with E-state index in [4.69, 9.17) is 5.73 Å². The molecule has 0 aliphatic carbocycles. The third kappa shape index (κ3) is 5.48. The third-order valence-electron chi connectivity index (χ3n) is 2.90. The zero-order valence-electron chi connectivity index (χ0n) is 10.6. The predicted molar refractivity (Wildman–Crippen MR) is 69.8 cm³/mol. The Morgan fingerprint density at radius 2 is 1.88 bits per heavy atom. The topological polar surface area (TPSA) is 56.0 Å². The Balaban J connectivity index is 2.21. The van der Waals surface area contributed by atoms with Crippen LogP contribution in [0, 0.1) is 0 Å². The molecule has 1 amide bonds. The van der Waals surface area contributed by atoms with Gasteiger partial charge in [-0.1, -0.05) is 39.0 Å². The molecule has 0 aliphatic rings. The van der Waals surface area contributed by atoms with Gasteiger partial charge in [0.25, 0.3) is 0 Å². The fourth-order valence-electron chi connectivity index (χ4n) is 1.80. The number of nitrogens with zero attached hydrogens (tertiary/aromatic N) is 1. The Kier molecular flexibility index (Phi) is 6.30. The summed E-state index contributed by atoms with van der Waals surface area (Å²) >= 11 is 0. The van der Waals surface area contributed by atoms with E-state index in [1.807, 2.05) is 6.07 Å². The summed E-state index contributed by atoms with van der Waals surface area (Å²) in [5.74, 6) is -0.413. The van der Waals surface area contributed by atoms with Crippen LogP contribution in [-0.4, -0.2) is 10.9 Å². The van der Waals surface area contributed by atoms with Crippen LogP contribution in [0.5, 0.6) is 0 Å². The molecule has 0 aromatic carbocycles. The van der Waals surface area contributed by atoms with Crippen molar-refractivity contribution in [2.24, 2.45) is 5.73 Å². The van der Waals surface area contributed by atoms with Gasteiger partial charge in [-0.25, -0.2) is 0 Å². The number of hydrogen-bond donors (Lipinski definition) is 1. The first-order valence-corrected chi connectivity index (χ1v) is 6.48. The number of pyridine rings is 1. The number of amides is 1. The largest absolute Gasteiger partial charge is 0.366 e. The highest BCUT2D eigenvalue weighted by Gasteiger charge is 2.00. The fourth-order valence-corrected chi connectivity index (χ4v) is 1.80. The number of rotatable bonds is 8. The molecule has 0 atom stereocenters. The molecule has 0 radical (unpaired) electrons. The second kappa shape index (κ2) is 7.82. The standard InChI is InChI=1S/C14H22N2O/c1-2-3-4-5-6-7-8-13-10-9-12(11-16-13)14(15)17/h9-11H,2-8H2,1H3,(H2,15,17). The van der Waals surface area contributed by atoms with Crippen LogP contribution in [0.2, 0.25) is 0 Å². The molecule has 1 aromatic rings. The van der Waals surface area contributed by atoms with Gasteiger partial charge in [0, 0.05) is 11.9 Å². The molecule has 17 heavy (non-hydrogen) atoms. The normalized spacial score (nSPS) is 10.4. The van der Waals surface area contributed by atoms with Gasteiger partial charge in [0.15, 0.2) is 0 Å². The second-order valence-corrected chi connectivity index (χ2v) is 4.42. The lowest BCUT2D eigenvalue weighted by atomic mass is 10.1. The molecule has 0 bridgehead atoms. The van der Waals surface area contributed by atoms with E-state index in [2.05, 4.69) is 11.9 Å². The SMILES string of the molecule is CCCCCCCCc1ccc(C(N)=O)cn1. The molecular formula is C14H22N2O. The van der Waals surface area contributed by atoms with Gasteiger partial charge >= 0.3 is 0 Å². The number of nitrogens with two attached hydrogens (primary N) is 1. The summed E-state index contributed by atoms with van der Waals surface area (Å²) < 4.78 is 0. The van der Waals surface area contributed by atoms with Crippen molar-refractivity contribution < 1.29 is 4.79 Å². The molecule has 1 heterocycles. The predicted octanol–water partition coefficient (Wildman–Crippen LogP) is 3.08. The van der Waals surface area contributed by atoms with Crippen LogP contribution in [0.1, 0.15) is 61.5 Å². The third-order valence-corrected chi connectivity index (χ3v) is 2.90. The number of primary amides is 1. The van der Waals surface area contributed by atoms with Crippen molar-refractivity contribution in [3.63, 3.8) is 0 Å². The van der Waals surface area contributed by atoms with Crippen LogP contribution in [0.25, 0.3) is 0 Å². The van der Waals surface area contributed by atoms with E-state index < -0.39 is 5.91 Å². The van der Waals surface area contributed by atoms with Gasteiger partial charge in [0.2, 0.25) is 5.91 Å². The molecule has 3 heteroatoms. The van der Waals surface area contributed by atoms with E-state index in [1.165, 1.54) is 38.5 Å². The van der Waals surface area contributed by atoms with Crippen LogP contribution in [0.3, 0.4) is 0 Å². The molecular weight excluding hydrogens is 212 g/mol. The molecule has 3 nitrogen and oxygen atoms in total. The fraction of sp³-hybridized carbons (Fsp3) is 0.571. The number of aromatic nitrogens is 1. The highest BCUT2D eigenvalue weighted by Crippen LogP contribution is 2.08. The van der Waals surface area contributed by atoms with E-state index in [0.29, 0.717) is 5.56 Å².